The van der Waals surface area contributed by atoms with Crippen LogP contribution in [0.1, 0.15) is 7.85 Å². The van der Waals surface area contributed by atoms with Gasteiger partial charge in [-0.3, -0.25) is 4.79 Å². The molecule has 0 fully saturated rings. The van der Waals surface area contributed by atoms with E-state index in [-0.39, 0.29) is 43.2 Å². The predicted molar refractivity (Wildman–Crippen MR) is 33.4 cm³/mol. The molecular weight excluding hydrogens is 167 g/mol. The molecule has 1 N–H and O–H groups in total. The van der Waals surface area contributed by atoms with E-state index in [0.29, 0.717) is 0 Å². The van der Waals surface area contributed by atoms with Gasteiger partial charge in [-0.05, 0) is 0 Å². The number of carbonyl (C=O) groups excluding carboxylic acids is 1. The van der Waals surface area contributed by atoms with Gasteiger partial charge in [0.15, 0.2) is 11.1 Å². The monoisotopic (exact) mass is 176 g/mol. The van der Waals surface area contributed by atoms with Crippen molar-refractivity contribution in [2.75, 3.05) is 12.9 Å². The number of hydrogen-bond acceptors (Lipinski definition) is 3. The molecule has 6 heteroatoms. The van der Waals surface area contributed by atoms with Gasteiger partial charge in [-0.1, -0.05) is 0 Å². The molecule has 0 aliphatic rings. The minimum Gasteiger partial charge on any atom is -1.00 e. The van der Waals surface area contributed by atoms with Crippen LogP contribution >= 0.6 is 0 Å². The third-order valence-electron chi connectivity index (χ3n) is 0.708. The summed E-state index contributed by atoms with van der Waals surface area (Å²) >= 11 is -1.89. The molecular formula is C4H9NaO4S. The summed E-state index contributed by atoms with van der Waals surface area (Å²) in [4.78, 5) is 10.2. The van der Waals surface area contributed by atoms with E-state index < -0.39 is 17.0 Å². The first kappa shape index (κ1) is 13.2. The summed E-state index contributed by atoms with van der Waals surface area (Å²) in [6.07, 6.45) is -0.000386. The van der Waals surface area contributed by atoms with E-state index in [9.17, 15) is 9.00 Å². The topological polar surface area (TPSA) is 63.6 Å². The molecule has 10 heavy (non-hydrogen) atoms. The van der Waals surface area contributed by atoms with E-state index in [1.165, 1.54) is 7.11 Å². The van der Waals surface area contributed by atoms with Crippen LogP contribution in [0.5, 0.6) is 0 Å². The van der Waals surface area contributed by atoms with Crippen molar-refractivity contribution in [1.29, 1.82) is 0 Å². The minimum absolute atomic E-state index is 0. The second kappa shape index (κ2) is 7.68. The van der Waals surface area contributed by atoms with Crippen molar-refractivity contribution in [1.82, 2.24) is 0 Å². The largest absolute Gasteiger partial charge is 1.00 e. The van der Waals surface area contributed by atoms with Crippen molar-refractivity contribution in [2.45, 2.75) is 6.42 Å². The van der Waals surface area contributed by atoms with Crippen LogP contribution < -0.4 is 29.6 Å². The molecule has 0 saturated heterocycles. The molecule has 0 amide bonds. The molecule has 0 saturated carbocycles. The first-order valence-electron chi connectivity index (χ1n) is 2.31. The molecule has 0 aromatic carbocycles. The van der Waals surface area contributed by atoms with Crippen molar-refractivity contribution in [3.8, 4) is 0 Å². The molecule has 0 aromatic heterocycles. The Bertz CT molecular complexity index is 131. The molecule has 0 aliphatic heterocycles. The fraction of sp³-hybridized carbons (Fsp3) is 0.750. The molecule has 0 spiro atoms. The van der Waals surface area contributed by atoms with Gasteiger partial charge in [-0.25, -0.2) is 4.21 Å². The van der Waals surface area contributed by atoms with Crippen molar-refractivity contribution in [2.24, 2.45) is 0 Å². The fourth-order valence-corrected chi connectivity index (χ4v) is 0.614. The van der Waals surface area contributed by atoms with E-state index in [4.69, 9.17) is 4.55 Å². The number of carbonyl (C=O) groups is 1. The number of methoxy groups -OCH3 is 1. The van der Waals surface area contributed by atoms with E-state index >= 15 is 0 Å². The average molecular weight is 176 g/mol. The summed E-state index contributed by atoms with van der Waals surface area (Å²) in [7, 11) is 1.24. The van der Waals surface area contributed by atoms with Gasteiger partial charge in [0.1, 0.15) is 0 Å². The van der Waals surface area contributed by atoms with Gasteiger partial charge in [0, 0.05) is 0 Å². The van der Waals surface area contributed by atoms with E-state index in [1.807, 2.05) is 0 Å². The number of ether oxygens (including phenoxy) is 1. The van der Waals surface area contributed by atoms with Crippen molar-refractivity contribution in [3.05, 3.63) is 0 Å². The molecule has 4 nitrogen and oxygen atoms in total. The van der Waals surface area contributed by atoms with Crippen LogP contribution in [-0.2, 0) is 20.6 Å². The van der Waals surface area contributed by atoms with Crippen LogP contribution in [0.4, 0.5) is 0 Å². The van der Waals surface area contributed by atoms with Gasteiger partial charge in [0.05, 0.1) is 19.3 Å². The van der Waals surface area contributed by atoms with Crippen molar-refractivity contribution in [3.63, 3.8) is 0 Å². The molecule has 1 atom stereocenters. The zero-order valence-corrected chi connectivity index (χ0v) is 8.81. The van der Waals surface area contributed by atoms with Gasteiger partial charge in [-0.15, -0.1) is 0 Å². The molecule has 0 aliphatic carbocycles. The molecule has 0 bridgehead atoms. The Kier molecular flexibility index (Phi) is 10.1. The number of hydrogen-bond donors (Lipinski definition) is 1. The van der Waals surface area contributed by atoms with Crippen LogP contribution in [0.3, 0.4) is 0 Å². The van der Waals surface area contributed by atoms with Crippen LogP contribution in [0, 0.1) is 0 Å². The zero-order valence-electron chi connectivity index (χ0n) is 6.99. The standard InChI is InChI=1S/C4H8O4S.Na.H/c1-8-4(5)2-3-9(6)7;;/h2-3H2,1H3,(H,6,7);;/q;+1;-1. The van der Waals surface area contributed by atoms with Gasteiger partial charge in [0.2, 0.25) is 0 Å². The van der Waals surface area contributed by atoms with Crippen LogP contribution in [-0.4, -0.2) is 27.6 Å². The molecule has 0 aromatic rings. The van der Waals surface area contributed by atoms with Crippen LogP contribution in [0.15, 0.2) is 0 Å². The Balaban J connectivity index is -0.000000320. The number of esters is 1. The van der Waals surface area contributed by atoms with Gasteiger partial charge < -0.3 is 10.7 Å². The smallest absolute Gasteiger partial charge is 1.00 e. The maximum atomic E-state index is 10.2. The van der Waals surface area contributed by atoms with Gasteiger partial charge in [0.25, 0.3) is 0 Å². The summed E-state index contributed by atoms with van der Waals surface area (Å²) in [6.45, 7) is 0. The van der Waals surface area contributed by atoms with E-state index in [1.54, 1.807) is 0 Å². The van der Waals surface area contributed by atoms with Gasteiger partial charge in [-0.2, -0.15) is 0 Å². The minimum atomic E-state index is -1.89. The molecule has 0 heterocycles. The summed E-state index contributed by atoms with van der Waals surface area (Å²) in [5.74, 6) is -0.510. The average Bonchev–Trinajstić information content (AvgIpc) is 1.83. The SMILES string of the molecule is COC(=O)CCS(=O)O.[H-].[Na+]. The number of rotatable bonds is 3. The fourth-order valence-electron chi connectivity index (χ4n) is 0.273. The quantitative estimate of drug-likeness (QED) is 0.281. The Labute approximate surface area is 85.4 Å². The van der Waals surface area contributed by atoms with Crippen LogP contribution in [0.2, 0.25) is 0 Å². The van der Waals surface area contributed by atoms with Crippen molar-refractivity contribution < 1.29 is 49.3 Å². The normalized spacial score (nSPS) is 11.4. The molecule has 0 radical (unpaired) electrons. The third-order valence-corrected chi connectivity index (χ3v) is 1.26. The zero-order chi connectivity index (χ0) is 7.28. The Hall–Kier alpha value is 0.580. The van der Waals surface area contributed by atoms with Crippen LogP contribution in [0.25, 0.3) is 0 Å². The van der Waals surface area contributed by atoms with Crippen molar-refractivity contribution >= 4 is 17.0 Å². The van der Waals surface area contributed by atoms with E-state index in [0.717, 1.165) is 0 Å². The molecule has 56 valence electrons. The Morgan fingerprint density at radius 2 is 2.30 bits per heavy atom. The third kappa shape index (κ3) is 8.58. The molecule has 0 rings (SSSR count). The maximum absolute atomic E-state index is 10.2. The maximum Gasteiger partial charge on any atom is 1.00 e. The summed E-state index contributed by atoms with van der Waals surface area (Å²) in [5, 5.41) is 0. The Morgan fingerprint density at radius 3 is 2.60 bits per heavy atom. The second-order valence-corrected chi connectivity index (χ2v) is 2.40. The first-order chi connectivity index (χ1) is 4.16. The predicted octanol–water partition coefficient (Wildman–Crippen LogP) is -3.11. The summed E-state index contributed by atoms with van der Waals surface area (Å²) < 4.78 is 22.3. The molecule has 1 unspecified atom stereocenters. The van der Waals surface area contributed by atoms with E-state index in [2.05, 4.69) is 4.74 Å². The Morgan fingerprint density at radius 1 is 1.80 bits per heavy atom. The summed E-state index contributed by atoms with van der Waals surface area (Å²) in [6, 6.07) is 0. The second-order valence-electron chi connectivity index (χ2n) is 1.35. The van der Waals surface area contributed by atoms with Gasteiger partial charge >= 0.3 is 35.5 Å². The summed E-state index contributed by atoms with van der Waals surface area (Å²) in [5.41, 5.74) is 0. The first-order valence-corrected chi connectivity index (χ1v) is 3.58.